The number of anilines is 1. The second-order valence-electron chi connectivity index (χ2n) is 7.38. The van der Waals surface area contributed by atoms with E-state index >= 15 is 0 Å². The van der Waals surface area contributed by atoms with Gasteiger partial charge >= 0.3 is 0 Å². The molecule has 0 saturated carbocycles. The van der Waals surface area contributed by atoms with Gasteiger partial charge in [-0.05, 0) is 61.0 Å². The van der Waals surface area contributed by atoms with E-state index in [1.54, 1.807) is 36.4 Å². The van der Waals surface area contributed by atoms with Crippen LogP contribution in [0.3, 0.4) is 0 Å². The Morgan fingerprint density at radius 3 is 2.17 bits per heavy atom. The molecule has 3 aromatic carbocycles. The van der Waals surface area contributed by atoms with E-state index in [0.717, 1.165) is 5.56 Å². The molecule has 0 fully saturated rings. The summed E-state index contributed by atoms with van der Waals surface area (Å²) in [5.41, 5.74) is 5.29. The summed E-state index contributed by atoms with van der Waals surface area (Å²) in [6, 6.07) is 17.4. The Kier molecular flexibility index (Phi) is 8.66. The van der Waals surface area contributed by atoms with Gasteiger partial charge in [0, 0.05) is 11.3 Å². The Morgan fingerprint density at radius 2 is 1.49 bits per heavy atom. The van der Waals surface area contributed by atoms with Crippen LogP contribution in [0.15, 0.2) is 65.8 Å². The largest absolute Gasteiger partial charge is 0.493 e. The number of hydrazone groups is 1. The minimum Gasteiger partial charge on any atom is -0.493 e. The first-order valence-corrected chi connectivity index (χ1v) is 10.7. The lowest BCUT2D eigenvalue weighted by Gasteiger charge is -2.11. The molecule has 0 radical (unpaired) electrons. The quantitative estimate of drug-likeness (QED) is 0.340. The van der Waals surface area contributed by atoms with Crippen LogP contribution in [-0.2, 0) is 4.79 Å². The van der Waals surface area contributed by atoms with Crippen LogP contribution >= 0.6 is 0 Å². The SMILES string of the molecule is COc1ccc(C(=O)N/N=C/c2ccc(OCC(=O)Nc3ccc(C)cc3)c(OC)c2)cc1OC. The Bertz CT molecular complexity index is 1210. The minimum atomic E-state index is -0.409. The van der Waals surface area contributed by atoms with Gasteiger partial charge in [0.05, 0.1) is 27.5 Å². The van der Waals surface area contributed by atoms with Gasteiger partial charge in [0.2, 0.25) is 0 Å². The maximum absolute atomic E-state index is 12.4. The van der Waals surface area contributed by atoms with Crippen LogP contribution in [-0.4, -0.2) is 46.0 Å². The second-order valence-corrected chi connectivity index (χ2v) is 7.38. The molecule has 0 bridgehead atoms. The number of ether oxygens (including phenoxy) is 4. The first kappa shape index (κ1) is 25.1. The summed E-state index contributed by atoms with van der Waals surface area (Å²) in [6.07, 6.45) is 1.47. The number of rotatable bonds is 10. The van der Waals surface area contributed by atoms with Gasteiger partial charge in [-0.15, -0.1) is 0 Å². The zero-order valence-corrected chi connectivity index (χ0v) is 20.0. The average molecular weight is 478 g/mol. The molecule has 0 saturated heterocycles. The Hall–Kier alpha value is -4.53. The number of amides is 2. The molecule has 0 atom stereocenters. The van der Waals surface area contributed by atoms with Crippen LogP contribution in [0.1, 0.15) is 21.5 Å². The Balaban J connectivity index is 1.57. The minimum absolute atomic E-state index is 0.181. The van der Waals surface area contributed by atoms with E-state index in [1.807, 2.05) is 31.2 Å². The highest BCUT2D eigenvalue weighted by molar-refractivity contribution is 5.95. The number of carbonyl (C=O) groups excluding carboxylic acids is 2. The van der Waals surface area contributed by atoms with Crippen molar-refractivity contribution in [3.05, 3.63) is 77.4 Å². The van der Waals surface area contributed by atoms with Crippen LogP contribution in [0.5, 0.6) is 23.0 Å². The monoisotopic (exact) mass is 477 g/mol. The second kappa shape index (κ2) is 12.1. The van der Waals surface area contributed by atoms with Gasteiger partial charge in [0.1, 0.15) is 0 Å². The van der Waals surface area contributed by atoms with E-state index in [1.165, 1.54) is 27.5 Å². The smallest absolute Gasteiger partial charge is 0.271 e. The van der Waals surface area contributed by atoms with Crippen molar-refractivity contribution < 1.29 is 28.5 Å². The molecular formula is C26H27N3O6. The van der Waals surface area contributed by atoms with Crippen molar-refractivity contribution in [1.82, 2.24) is 5.43 Å². The highest BCUT2D eigenvalue weighted by Gasteiger charge is 2.11. The zero-order valence-electron chi connectivity index (χ0n) is 20.0. The van der Waals surface area contributed by atoms with E-state index in [0.29, 0.717) is 39.8 Å². The summed E-state index contributed by atoms with van der Waals surface area (Å²) in [5.74, 6) is 1.08. The highest BCUT2D eigenvalue weighted by atomic mass is 16.5. The fourth-order valence-electron chi connectivity index (χ4n) is 3.07. The highest BCUT2D eigenvalue weighted by Crippen LogP contribution is 2.28. The molecule has 2 amide bonds. The number of nitrogens with zero attached hydrogens (tertiary/aromatic N) is 1. The summed E-state index contributed by atoms with van der Waals surface area (Å²) >= 11 is 0. The third-order valence-electron chi connectivity index (χ3n) is 4.91. The number of benzene rings is 3. The molecule has 9 heteroatoms. The molecule has 0 aliphatic carbocycles. The van der Waals surface area contributed by atoms with E-state index in [-0.39, 0.29) is 12.5 Å². The van der Waals surface area contributed by atoms with E-state index in [9.17, 15) is 9.59 Å². The van der Waals surface area contributed by atoms with Crippen LogP contribution in [0, 0.1) is 6.92 Å². The zero-order chi connectivity index (χ0) is 25.2. The molecule has 182 valence electrons. The predicted molar refractivity (Wildman–Crippen MR) is 133 cm³/mol. The van der Waals surface area contributed by atoms with Crippen LogP contribution in [0.4, 0.5) is 5.69 Å². The van der Waals surface area contributed by atoms with Gasteiger partial charge in [-0.2, -0.15) is 5.10 Å². The normalized spacial score (nSPS) is 10.5. The number of nitrogens with one attached hydrogen (secondary N) is 2. The summed E-state index contributed by atoms with van der Waals surface area (Å²) in [7, 11) is 4.51. The Labute approximate surface area is 203 Å². The number of hydrogen-bond donors (Lipinski definition) is 2. The fourth-order valence-corrected chi connectivity index (χ4v) is 3.07. The van der Waals surface area contributed by atoms with Gasteiger partial charge in [0.15, 0.2) is 29.6 Å². The molecule has 35 heavy (non-hydrogen) atoms. The molecule has 3 aromatic rings. The van der Waals surface area contributed by atoms with Crippen LogP contribution in [0.2, 0.25) is 0 Å². The molecular weight excluding hydrogens is 450 g/mol. The fraction of sp³-hybridized carbons (Fsp3) is 0.192. The lowest BCUT2D eigenvalue weighted by Crippen LogP contribution is -2.20. The molecule has 0 aromatic heterocycles. The lowest BCUT2D eigenvalue weighted by atomic mass is 10.2. The number of carbonyl (C=O) groups is 2. The summed E-state index contributed by atoms with van der Waals surface area (Å²) in [6.45, 7) is 1.79. The van der Waals surface area contributed by atoms with E-state index in [2.05, 4.69) is 15.8 Å². The van der Waals surface area contributed by atoms with Crippen molar-refractivity contribution >= 4 is 23.7 Å². The summed E-state index contributed by atoms with van der Waals surface area (Å²) in [5, 5.41) is 6.76. The van der Waals surface area contributed by atoms with Gasteiger partial charge < -0.3 is 24.3 Å². The maximum Gasteiger partial charge on any atom is 0.271 e. The molecule has 0 aliphatic heterocycles. The summed E-state index contributed by atoms with van der Waals surface area (Å²) in [4.78, 5) is 24.6. The van der Waals surface area contributed by atoms with Crippen LogP contribution < -0.4 is 29.7 Å². The van der Waals surface area contributed by atoms with Crippen molar-refractivity contribution in [2.75, 3.05) is 33.3 Å². The van der Waals surface area contributed by atoms with Gasteiger partial charge in [-0.1, -0.05) is 17.7 Å². The Morgan fingerprint density at radius 1 is 0.829 bits per heavy atom. The lowest BCUT2D eigenvalue weighted by molar-refractivity contribution is -0.118. The topological polar surface area (TPSA) is 107 Å². The maximum atomic E-state index is 12.4. The third-order valence-corrected chi connectivity index (χ3v) is 4.91. The van der Waals surface area contributed by atoms with Crippen molar-refractivity contribution in [3.8, 4) is 23.0 Å². The van der Waals surface area contributed by atoms with Gasteiger partial charge in [0.25, 0.3) is 11.8 Å². The van der Waals surface area contributed by atoms with Gasteiger partial charge in [-0.25, -0.2) is 5.43 Å². The molecule has 3 rings (SSSR count). The van der Waals surface area contributed by atoms with Crippen molar-refractivity contribution in [1.29, 1.82) is 0 Å². The first-order valence-electron chi connectivity index (χ1n) is 10.7. The van der Waals surface area contributed by atoms with Crippen LogP contribution in [0.25, 0.3) is 0 Å². The first-order chi connectivity index (χ1) is 16.9. The molecule has 0 unspecified atom stereocenters. The molecule has 0 aliphatic rings. The van der Waals surface area contributed by atoms with Crippen molar-refractivity contribution in [2.45, 2.75) is 6.92 Å². The third kappa shape index (κ3) is 6.97. The number of hydrogen-bond acceptors (Lipinski definition) is 7. The molecule has 2 N–H and O–H groups in total. The standard InChI is InChI=1S/C26H27N3O6/c1-17-5-9-20(10-6-17)28-25(30)16-35-22-11-7-18(13-23(22)33-3)15-27-29-26(31)19-8-12-21(32-2)24(14-19)34-4/h5-15H,16H2,1-4H3,(H,28,30)(H,29,31)/b27-15+. The molecule has 0 heterocycles. The van der Waals surface area contributed by atoms with E-state index < -0.39 is 5.91 Å². The summed E-state index contributed by atoms with van der Waals surface area (Å²) < 4.78 is 21.4. The average Bonchev–Trinajstić information content (AvgIpc) is 2.88. The number of aryl methyl sites for hydroxylation is 1. The van der Waals surface area contributed by atoms with E-state index in [4.69, 9.17) is 18.9 Å². The van der Waals surface area contributed by atoms with Gasteiger partial charge in [-0.3, -0.25) is 9.59 Å². The molecule has 0 spiro atoms. The van der Waals surface area contributed by atoms with Crippen molar-refractivity contribution in [3.63, 3.8) is 0 Å². The molecule has 9 nitrogen and oxygen atoms in total. The number of methoxy groups -OCH3 is 3. The van der Waals surface area contributed by atoms with Crippen molar-refractivity contribution in [2.24, 2.45) is 5.10 Å². The predicted octanol–water partition coefficient (Wildman–Crippen LogP) is 3.80.